The molecule has 31 heavy (non-hydrogen) atoms. The van der Waals surface area contributed by atoms with Gasteiger partial charge in [-0.25, -0.2) is 4.68 Å². The van der Waals surface area contributed by atoms with Gasteiger partial charge in [0, 0.05) is 28.5 Å². The number of para-hydroxylation sites is 1. The number of rotatable bonds is 4. The van der Waals surface area contributed by atoms with Crippen LogP contribution in [0.3, 0.4) is 0 Å². The zero-order valence-electron chi connectivity index (χ0n) is 16.9. The van der Waals surface area contributed by atoms with Crippen molar-refractivity contribution in [3.8, 4) is 0 Å². The Bertz CT molecular complexity index is 1420. The number of aromatic amines is 1. The van der Waals surface area contributed by atoms with Crippen molar-refractivity contribution in [1.82, 2.24) is 25.6 Å². The summed E-state index contributed by atoms with van der Waals surface area (Å²) in [4.78, 5) is 53.3. The largest absolute Gasteiger partial charge is 0.358 e. The van der Waals surface area contributed by atoms with E-state index < -0.39 is 17.6 Å². The summed E-state index contributed by atoms with van der Waals surface area (Å²) in [5.41, 5.74) is 5.55. The Morgan fingerprint density at radius 1 is 0.968 bits per heavy atom. The van der Waals surface area contributed by atoms with Crippen LogP contribution >= 0.6 is 0 Å². The van der Waals surface area contributed by atoms with E-state index in [9.17, 15) is 19.2 Å². The summed E-state index contributed by atoms with van der Waals surface area (Å²) < 4.78 is 1.17. The fraction of sp³-hybridized carbons (Fsp3) is 0.136. The van der Waals surface area contributed by atoms with Gasteiger partial charge >= 0.3 is 5.91 Å². The summed E-state index contributed by atoms with van der Waals surface area (Å²) in [5.74, 6) is -2.52. The maximum absolute atomic E-state index is 12.7. The molecule has 9 nitrogen and oxygen atoms in total. The van der Waals surface area contributed by atoms with Gasteiger partial charge in [0.05, 0.1) is 10.9 Å². The van der Waals surface area contributed by atoms with E-state index in [0.29, 0.717) is 21.9 Å². The Balaban J connectivity index is 1.58. The zero-order chi connectivity index (χ0) is 22.1. The second kappa shape index (κ2) is 7.86. The van der Waals surface area contributed by atoms with E-state index in [-0.39, 0.29) is 23.4 Å². The van der Waals surface area contributed by atoms with Crippen LogP contribution in [0.4, 0.5) is 0 Å². The number of hydrogen-bond acceptors (Lipinski definition) is 5. The van der Waals surface area contributed by atoms with Gasteiger partial charge in [0.15, 0.2) is 5.69 Å². The minimum atomic E-state index is -0.991. The molecule has 0 aliphatic heterocycles. The third kappa shape index (κ3) is 3.46. The fourth-order valence-corrected chi connectivity index (χ4v) is 3.53. The molecule has 2 aromatic carbocycles. The van der Waals surface area contributed by atoms with Crippen molar-refractivity contribution in [2.45, 2.75) is 20.4 Å². The number of Topliss-reactive ketones (excluding diaryl/α,β-unsaturated/α-hetero) is 1. The molecule has 156 valence electrons. The summed E-state index contributed by atoms with van der Waals surface area (Å²) >= 11 is 0. The van der Waals surface area contributed by atoms with Crippen LogP contribution in [0.5, 0.6) is 0 Å². The SMILES string of the molecule is CCn1nc(C(=O)NNC(=O)C(=O)c2c(C)[nH]c3ccccc23)c2ccccc2c1=O. The standard InChI is InChI=1S/C22H19N5O4/c1-3-27-22(31)14-9-5-4-8-13(14)18(26-27)20(29)24-25-21(30)19(28)17-12(2)23-16-11-7-6-10-15(16)17/h4-11,23H,3H2,1-2H3,(H,24,29)(H,25,30). The van der Waals surface area contributed by atoms with Crippen molar-refractivity contribution in [2.75, 3.05) is 0 Å². The molecule has 4 rings (SSSR count). The Kier molecular flexibility index (Phi) is 5.08. The first-order valence-corrected chi connectivity index (χ1v) is 9.64. The lowest BCUT2D eigenvalue weighted by Crippen LogP contribution is -2.45. The number of nitrogens with one attached hydrogen (secondary N) is 3. The minimum Gasteiger partial charge on any atom is -0.358 e. The maximum Gasteiger partial charge on any atom is 0.310 e. The van der Waals surface area contributed by atoms with Gasteiger partial charge in [0.25, 0.3) is 17.2 Å². The predicted octanol–water partition coefficient (Wildman–Crippen LogP) is 1.85. The molecular weight excluding hydrogens is 398 g/mol. The molecule has 0 radical (unpaired) electrons. The van der Waals surface area contributed by atoms with E-state index in [0.717, 1.165) is 5.52 Å². The van der Waals surface area contributed by atoms with Gasteiger partial charge in [0.1, 0.15) is 0 Å². The highest BCUT2D eigenvalue weighted by Gasteiger charge is 2.24. The lowest BCUT2D eigenvalue weighted by atomic mass is 10.1. The van der Waals surface area contributed by atoms with Gasteiger partial charge < -0.3 is 4.98 Å². The van der Waals surface area contributed by atoms with Gasteiger partial charge in [-0.3, -0.25) is 30.0 Å². The van der Waals surface area contributed by atoms with Gasteiger partial charge in [-0.05, 0) is 26.0 Å². The topological polar surface area (TPSA) is 126 Å². The normalized spacial score (nSPS) is 10.9. The molecule has 0 aliphatic carbocycles. The third-order valence-electron chi connectivity index (χ3n) is 5.00. The highest BCUT2D eigenvalue weighted by atomic mass is 16.2. The molecule has 0 fully saturated rings. The van der Waals surface area contributed by atoms with Crippen molar-refractivity contribution >= 4 is 39.3 Å². The van der Waals surface area contributed by atoms with Crippen molar-refractivity contribution in [3.63, 3.8) is 0 Å². The van der Waals surface area contributed by atoms with E-state index in [2.05, 4.69) is 20.9 Å². The fourth-order valence-electron chi connectivity index (χ4n) is 3.53. The van der Waals surface area contributed by atoms with Crippen LogP contribution in [-0.2, 0) is 11.3 Å². The minimum absolute atomic E-state index is 0.0342. The predicted molar refractivity (Wildman–Crippen MR) is 115 cm³/mol. The average Bonchev–Trinajstić information content (AvgIpc) is 3.12. The second-order valence-corrected chi connectivity index (χ2v) is 6.92. The molecule has 0 bridgehead atoms. The van der Waals surface area contributed by atoms with E-state index >= 15 is 0 Å². The number of amides is 2. The number of ketones is 1. The molecule has 4 aromatic rings. The Hall–Kier alpha value is -4.27. The first-order chi connectivity index (χ1) is 14.9. The first kappa shape index (κ1) is 20.0. The van der Waals surface area contributed by atoms with Crippen molar-refractivity contribution in [3.05, 3.63) is 75.8 Å². The Morgan fingerprint density at radius 2 is 1.61 bits per heavy atom. The van der Waals surface area contributed by atoms with Gasteiger partial charge in [0.2, 0.25) is 0 Å². The molecule has 0 atom stereocenters. The number of benzene rings is 2. The molecule has 2 aromatic heterocycles. The van der Waals surface area contributed by atoms with Crippen LogP contribution < -0.4 is 16.4 Å². The van der Waals surface area contributed by atoms with Crippen molar-refractivity contribution < 1.29 is 14.4 Å². The first-order valence-electron chi connectivity index (χ1n) is 9.64. The summed E-state index contributed by atoms with van der Waals surface area (Å²) in [6.45, 7) is 3.70. The number of fused-ring (bicyclic) bond motifs is 2. The molecule has 9 heteroatoms. The van der Waals surface area contributed by atoms with Crippen LogP contribution in [0, 0.1) is 6.92 Å². The number of carbonyl (C=O) groups is 3. The van der Waals surface area contributed by atoms with Crippen LogP contribution in [0.2, 0.25) is 0 Å². The van der Waals surface area contributed by atoms with Gasteiger partial charge in [-0.15, -0.1) is 0 Å². The number of aryl methyl sites for hydroxylation is 2. The smallest absolute Gasteiger partial charge is 0.310 e. The number of aromatic nitrogens is 3. The van der Waals surface area contributed by atoms with E-state index in [1.807, 2.05) is 6.07 Å². The molecule has 0 unspecified atom stereocenters. The lowest BCUT2D eigenvalue weighted by Gasteiger charge is -2.10. The molecule has 0 aliphatic rings. The number of H-pyrrole nitrogens is 1. The molecular formula is C22H19N5O4. The Labute approximate surface area is 176 Å². The molecule has 2 amide bonds. The highest BCUT2D eigenvalue weighted by Crippen LogP contribution is 2.22. The number of nitrogens with zero attached hydrogens (tertiary/aromatic N) is 2. The third-order valence-corrected chi connectivity index (χ3v) is 5.00. The number of hydrazine groups is 1. The van der Waals surface area contributed by atoms with Crippen molar-refractivity contribution in [1.29, 1.82) is 0 Å². The second-order valence-electron chi connectivity index (χ2n) is 6.92. The summed E-state index contributed by atoms with van der Waals surface area (Å²) in [6, 6.07) is 13.7. The lowest BCUT2D eigenvalue weighted by molar-refractivity contribution is -0.117. The van der Waals surface area contributed by atoms with Gasteiger partial charge in [-0.1, -0.05) is 36.4 Å². The quantitative estimate of drug-likeness (QED) is 0.265. The van der Waals surface area contributed by atoms with Crippen LogP contribution in [0.1, 0.15) is 33.5 Å². The van der Waals surface area contributed by atoms with Crippen LogP contribution in [0.25, 0.3) is 21.7 Å². The summed E-state index contributed by atoms with van der Waals surface area (Å²) in [5, 5.41) is 5.40. The van der Waals surface area contributed by atoms with Crippen molar-refractivity contribution in [2.24, 2.45) is 0 Å². The molecule has 0 saturated heterocycles. The zero-order valence-corrected chi connectivity index (χ0v) is 16.9. The van der Waals surface area contributed by atoms with Crippen LogP contribution in [-0.4, -0.2) is 32.4 Å². The van der Waals surface area contributed by atoms with E-state index in [1.165, 1.54) is 4.68 Å². The molecule has 0 spiro atoms. The molecule has 3 N–H and O–H groups in total. The van der Waals surface area contributed by atoms with E-state index in [1.54, 1.807) is 56.3 Å². The number of carbonyl (C=O) groups excluding carboxylic acids is 3. The maximum atomic E-state index is 12.7. The summed E-state index contributed by atoms with van der Waals surface area (Å²) in [7, 11) is 0. The van der Waals surface area contributed by atoms with Crippen LogP contribution in [0.15, 0.2) is 53.3 Å². The highest BCUT2D eigenvalue weighted by molar-refractivity contribution is 6.45. The van der Waals surface area contributed by atoms with Gasteiger partial charge in [-0.2, -0.15) is 5.10 Å². The Morgan fingerprint density at radius 3 is 2.32 bits per heavy atom. The molecule has 2 heterocycles. The number of hydrogen-bond donors (Lipinski definition) is 3. The average molecular weight is 417 g/mol. The molecule has 0 saturated carbocycles. The van der Waals surface area contributed by atoms with E-state index in [4.69, 9.17) is 0 Å². The summed E-state index contributed by atoms with van der Waals surface area (Å²) in [6.07, 6.45) is 0. The monoisotopic (exact) mass is 417 g/mol.